The van der Waals surface area contributed by atoms with Gasteiger partial charge in [0.15, 0.2) is 0 Å². The van der Waals surface area contributed by atoms with E-state index in [1.807, 2.05) is 0 Å². The normalized spacial score (nSPS) is 15.7. The average Bonchev–Trinajstić information content (AvgIpc) is 2.82. The first-order valence-electron chi connectivity index (χ1n) is 7.61. The molecule has 0 unspecified atom stereocenters. The Labute approximate surface area is 134 Å². The minimum absolute atomic E-state index is 0.00302. The van der Waals surface area contributed by atoms with Crippen LogP contribution in [0.4, 0.5) is 10.5 Å². The van der Waals surface area contributed by atoms with Crippen molar-refractivity contribution in [2.45, 2.75) is 13.0 Å². The molecule has 1 fully saturated rings. The number of hydrogen-bond acceptors (Lipinski definition) is 7. The lowest BCUT2D eigenvalue weighted by Crippen LogP contribution is -2.31. The molecule has 1 heterocycles. The van der Waals surface area contributed by atoms with E-state index in [0.717, 1.165) is 32.6 Å². The van der Waals surface area contributed by atoms with Gasteiger partial charge in [-0.05, 0) is 37.2 Å². The van der Waals surface area contributed by atoms with Gasteiger partial charge in [0, 0.05) is 31.8 Å². The van der Waals surface area contributed by atoms with Crippen molar-refractivity contribution in [3.63, 3.8) is 0 Å². The van der Waals surface area contributed by atoms with Crippen molar-refractivity contribution in [1.29, 1.82) is 0 Å². The Bertz CT molecular complexity index is 512. The van der Waals surface area contributed by atoms with Crippen LogP contribution in [0.1, 0.15) is 12.0 Å². The summed E-state index contributed by atoms with van der Waals surface area (Å²) in [5, 5.41) is 13.9. The fourth-order valence-electron chi connectivity index (χ4n) is 2.28. The summed E-state index contributed by atoms with van der Waals surface area (Å²) in [7, 11) is 0. The van der Waals surface area contributed by atoms with Crippen LogP contribution in [0.5, 0.6) is 0 Å². The van der Waals surface area contributed by atoms with Crippen LogP contribution in [0, 0.1) is 10.1 Å². The second-order valence-corrected chi connectivity index (χ2v) is 5.26. The lowest BCUT2D eigenvalue weighted by atomic mass is 10.2. The second-order valence-electron chi connectivity index (χ2n) is 5.26. The highest BCUT2D eigenvalue weighted by Crippen LogP contribution is 2.12. The minimum Gasteiger partial charge on any atom is -0.433 e. The van der Waals surface area contributed by atoms with Gasteiger partial charge in [0.25, 0.3) is 5.69 Å². The third-order valence-corrected chi connectivity index (χ3v) is 3.56. The van der Waals surface area contributed by atoms with Crippen LogP contribution >= 0.6 is 0 Å². The Morgan fingerprint density at radius 3 is 2.74 bits per heavy atom. The van der Waals surface area contributed by atoms with E-state index < -0.39 is 11.1 Å². The molecule has 1 aromatic rings. The van der Waals surface area contributed by atoms with E-state index in [1.165, 1.54) is 12.1 Å². The topological polar surface area (TPSA) is 93.9 Å². The van der Waals surface area contributed by atoms with Gasteiger partial charge in [0.05, 0.1) is 4.92 Å². The third kappa shape index (κ3) is 6.21. The minimum atomic E-state index is -0.726. The van der Waals surface area contributed by atoms with Gasteiger partial charge in [0.1, 0.15) is 13.2 Å². The average molecular weight is 323 g/mol. The quantitative estimate of drug-likeness (QED) is 0.482. The van der Waals surface area contributed by atoms with Crippen molar-refractivity contribution in [1.82, 2.24) is 10.2 Å². The summed E-state index contributed by atoms with van der Waals surface area (Å²) in [5.74, 6) is 0. The number of nitrogens with one attached hydrogen (secondary N) is 1. The monoisotopic (exact) mass is 323 g/mol. The molecule has 0 aromatic heterocycles. The number of non-ortho nitro benzene ring substituents is 1. The lowest BCUT2D eigenvalue weighted by Gasteiger charge is -2.18. The maximum Gasteiger partial charge on any atom is 0.508 e. The van der Waals surface area contributed by atoms with Crippen LogP contribution < -0.4 is 5.32 Å². The van der Waals surface area contributed by atoms with Gasteiger partial charge in [-0.1, -0.05) is 0 Å². The van der Waals surface area contributed by atoms with Crippen molar-refractivity contribution >= 4 is 11.8 Å². The summed E-state index contributed by atoms with van der Waals surface area (Å²) in [5.41, 5.74) is 0.675. The Hall–Kier alpha value is -2.19. The predicted octanol–water partition coefficient (Wildman–Crippen LogP) is 1.54. The van der Waals surface area contributed by atoms with Gasteiger partial charge in [-0.15, -0.1) is 0 Å². The summed E-state index contributed by atoms with van der Waals surface area (Å²) in [6, 6.07) is 5.85. The van der Waals surface area contributed by atoms with Crippen LogP contribution in [-0.2, 0) is 16.1 Å². The zero-order valence-electron chi connectivity index (χ0n) is 12.9. The molecule has 8 heteroatoms. The van der Waals surface area contributed by atoms with Gasteiger partial charge in [0.2, 0.25) is 0 Å². The summed E-state index contributed by atoms with van der Waals surface area (Å²) in [4.78, 5) is 23.8. The van der Waals surface area contributed by atoms with Crippen LogP contribution in [-0.4, -0.2) is 55.3 Å². The molecule has 0 atom stereocenters. The zero-order chi connectivity index (χ0) is 16.5. The molecule has 0 spiro atoms. The van der Waals surface area contributed by atoms with E-state index >= 15 is 0 Å². The molecule has 0 aliphatic carbocycles. The molecule has 126 valence electrons. The lowest BCUT2D eigenvalue weighted by molar-refractivity contribution is -0.384. The van der Waals surface area contributed by atoms with E-state index in [1.54, 1.807) is 12.1 Å². The first-order valence-corrected chi connectivity index (χ1v) is 7.61. The van der Waals surface area contributed by atoms with Gasteiger partial charge in [-0.25, -0.2) is 4.79 Å². The highest BCUT2D eigenvalue weighted by atomic mass is 16.7. The highest BCUT2D eigenvalue weighted by Gasteiger charge is 2.10. The van der Waals surface area contributed by atoms with Gasteiger partial charge < -0.3 is 14.8 Å². The summed E-state index contributed by atoms with van der Waals surface area (Å²) in [6.45, 7) is 4.92. The SMILES string of the molecule is O=C(OCCN1CCCNCC1)OCc1ccc([N+](=O)[O-])cc1. The van der Waals surface area contributed by atoms with Crippen LogP contribution in [0.2, 0.25) is 0 Å². The first-order chi connectivity index (χ1) is 11.1. The molecule has 0 bridgehead atoms. The molecule has 2 rings (SSSR count). The number of benzene rings is 1. The largest absolute Gasteiger partial charge is 0.508 e. The molecule has 1 aromatic carbocycles. The molecule has 23 heavy (non-hydrogen) atoms. The van der Waals surface area contributed by atoms with Crippen molar-refractivity contribution < 1.29 is 19.2 Å². The Morgan fingerprint density at radius 1 is 1.22 bits per heavy atom. The number of nitro benzene ring substituents is 1. The van der Waals surface area contributed by atoms with E-state index in [9.17, 15) is 14.9 Å². The number of rotatable bonds is 6. The van der Waals surface area contributed by atoms with E-state index in [2.05, 4.69) is 10.2 Å². The van der Waals surface area contributed by atoms with Crippen molar-refractivity contribution in [3.8, 4) is 0 Å². The highest BCUT2D eigenvalue weighted by molar-refractivity contribution is 5.59. The second kappa shape index (κ2) is 9.06. The van der Waals surface area contributed by atoms with Gasteiger partial charge >= 0.3 is 6.16 Å². The molecule has 1 saturated heterocycles. The summed E-state index contributed by atoms with van der Waals surface area (Å²) >= 11 is 0. The number of carbonyl (C=O) groups excluding carboxylic acids is 1. The van der Waals surface area contributed by atoms with Gasteiger partial charge in [-0.3, -0.25) is 15.0 Å². The summed E-state index contributed by atoms with van der Waals surface area (Å²) < 4.78 is 10.0. The molecule has 0 saturated carbocycles. The molecule has 0 amide bonds. The van der Waals surface area contributed by atoms with E-state index in [-0.39, 0.29) is 12.3 Å². The molecule has 1 N–H and O–H groups in total. The van der Waals surface area contributed by atoms with Crippen LogP contribution in [0.3, 0.4) is 0 Å². The summed E-state index contributed by atoms with van der Waals surface area (Å²) in [6.07, 6.45) is 0.362. The number of nitro groups is 1. The van der Waals surface area contributed by atoms with Crippen molar-refractivity contribution in [2.75, 3.05) is 39.3 Å². The third-order valence-electron chi connectivity index (χ3n) is 3.56. The number of ether oxygens (including phenoxy) is 2. The van der Waals surface area contributed by atoms with Crippen molar-refractivity contribution in [2.24, 2.45) is 0 Å². The van der Waals surface area contributed by atoms with Crippen LogP contribution in [0.15, 0.2) is 24.3 Å². The molecule has 0 radical (unpaired) electrons. The first kappa shape index (κ1) is 17.2. The molecule has 1 aliphatic heterocycles. The Kier molecular flexibility index (Phi) is 6.76. The Balaban J connectivity index is 1.63. The zero-order valence-corrected chi connectivity index (χ0v) is 12.9. The standard InChI is InChI=1S/C15H21N3O5/c19-15(22-11-10-17-8-1-6-16-7-9-17)23-12-13-2-4-14(5-3-13)18(20)21/h2-5,16H,1,6-12H2. The number of nitrogens with zero attached hydrogens (tertiary/aromatic N) is 2. The fraction of sp³-hybridized carbons (Fsp3) is 0.533. The van der Waals surface area contributed by atoms with E-state index in [4.69, 9.17) is 9.47 Å². The number of hydrogen-bond donors (Lipinski definition) is 1. The fourth-order valence-corrected chi connectivity index (χ4v) is 2.28. The maximum absolute atomic E-state index is 11.5. The smallest absolute Gasteiger partial charge is 0.433 e. The molecule has 8 nitrogen and oxygen atoms in total. The van der Waals surface area contributed by atoms with Crippen molar-refractivity contribution in [3.05, 3.63) is 39.9 Å². The predicted molar refractivity (Wildman–Crippen MR) is 83.2 cm³/mol. The molecule has 1 aliphatic rings. The number of carbonyl (C=O) groups is 1. The van der Waals surface area contributed by atoms with Gasteiger partial charge in [-0.2, -0.15) is 0 Å². The Morgan fingerprint density at radius 2 is 2.00 bits per heavy atom. The molecular weight excluding hydrogens is 302 g/mol. The maximum atomic E-state index is 11.5. The van der Waals surface area contributed by atoms with E-state index in [0.29, 0.717) is 18.7 Å². The molecular formula is C15H21N3O5. The van der Waals surface area contributed by atoms with Crippen LogP contribution in [0.25, 0.3) is 0 Å².